The molecule has 52 heavy (non-hydrogen) atoms. The molecule has 6 nitrogen and oxygen atoms in total. The molecule has 0 spiro atoms. The molecule has 0 aliphatic heterocycles. The molecule has 0 saturated heterocycles. The summed E-state index contributed by atoms with van der Waals surface area (Å²) in [6.45, 7) is 8.82. The number of rotatable bonds is 44. The van der Waals surface area contributed by atoms with Crippen LogP contribution in [0.3, 0.4) is 0 Å². The SMILES string of the molecule is CCCCCCCCCCCCCCCCCOC(=O)CCCCCCCCCN(CCO)CCCCCCCC(=O)OCCCCCCCCC. The van der Waals surface area contributed by atoms with Gasteiger partial charge in [0, 0.05) is 19.4 Å². The topological polar surface area (TPSA) is 76.1 Å². The first kappa shape index (κ1) is 50.9. The van der Waals surface area contributed by atoms with Crippen molar-refractivity contribution in [3.63, 3.8) is 0 Å². The largest absolute Gasteiger partial charge is 0.466 e. The fraction of sp³-hybridized carbons (Fsp3) is 0.957. The second kappa shape index (κ2) is 44.3. The highest BCUT2D eigenvalue weighted by atomic mass is 16.5. The molecule has 0 saturated carbocycles. The van der Waals surface area contributed by atoms with Crippen molar-refractivity contribution in [2.45, 2.75) is 245 Å². The highest BCUT2D eigenvalue weighted by Gasteiger charge is 2.06. The fourth-order valence-electron chi connectivity index (χ4n) is 7.15. The van der Waals surface area contributed by atoms with Crippen LogP contribution < -0.4 is 0 Å². The lowest BCUT2D eigenvalue weighted by molar-refractivity contribution is -0.144. The van der Waals surface area contributed by atoms with Gasteiger partial charge >= 0.3 is 11.9 Å². The van der Waals surface area contributed by atoms with Crippen LogP contribution in [0, 0.1) is 0 Å². The maximum Gasteiger partial charge on any atom is 0.305 e. The van der Waals surface area contributed by atoms with E-state index in [2.05, 4.69) is 18.7 Å². The zero-order chi connectivity index (χ0) is 37.8. The lowest BCUT2D eigenvalue weighted by Gasteiger charge is -2.21. The number of hydrogen-bond donors (Lipinski definition) is 1. The summed E-state index contributed by atoms with van der Waals surface area (Å²) in [7, 11) is 0. The first-order chi connectivity index (χ1) is 25.6. The third-order valence-electron chi connectivity index (χ3n) is 10.6. The Kier molecular flexibility index (Phi) is 43.3. The molecule has 0 radical (unpaired) electrons. The van der Waals surface area contributed by atoms with Gasteiger partial charge in [0.2, 0.25) is 0 Å². The van der Waals surface area contributed by atoms with Crippen molar-refractivity contribution < 1.29 is 24.2 Å². The third kappa shape index (κ3) is 41.6. The predicted octanol–water partition coefficient (Wildman–Crippen LogP) is 13.5. The van der Waals surface area contributed by atoms with E-state index >= 15 is 0 Å². The van der Waals surface area contributed by atoms with Gasteiger partial charge in [-0.05, 0) is 51.6 Å². The van der Waals surface area contributed by atoms with Crippen molar-refractivity contribution >= 4 is 11.9 Å². The van der Waals surface area contributed by atoms with E-state index in [1.165, 1.54) is 167 Å². The number of hydrogen-bond acceptors (Lipinski definition) is 6. The highest BCUT2D eigenvalue weighted by Crippen LogP contribution is 2.15. The Hall–Kier alpha value is -1.14. The first-order valence-corrected chi connectivity index (χ1v) is 23.3. The molecule has 6 heteroatoms. The molecule has 0 aromatic rings. The second-order valence-electron chi connectivity index (χ2n) is 15.8. The van der Waals surface area contributed by atoms with Crippen molar-refractivity contribution in [1.82, 2.24) is 4.90 Å². The smallest absolute Gasteiger partial charge is 0.305 e. The third-order valence-corrected chi connectivity index (χ3v) is 10.6. The van der Waals surface area contributed by atoms with E-state index < -0.39 is 0 Å². The Balaban J connectivity index is 3.46. The molecular weight excluding hydrogens is 647 g/mol. The van der Waals surface area contributed by atoms with Crippen LogP contribution in [0.15, 0.2) is 0 Å². The van der Waals surface area contributed by atoms with Crippen molar-refractivity contribution in [3.05, 3.63) is 0 Å². The maximum atomic E-state index is 12.1. The van der Waals surface area contributed by atoms with Crippen LogP contribution in [0.1, 0.15) is 245 Å². The quantitative estimate of drug-likeness (QED) is 0.0496. The average Bonchev–Trinajstić information content (AvgIpc) is 3.14. The van der Waals surface area contributed by atoms with Gasteiger partial charge in [0.05, 0.1) is 19.8 Å². The number of carbonyl (C=O) groups excluding carboxylic acids is 2. The normalized spacial score (nSPS) is 11.5. The first-order valence-electron chi connectivity index (χ1n) is 23.3. The van der Waals surface area contributed by atoms with E-state index in [9.17, 15) is 14.7 Å². The predicted molar refractivity (Wildman–Crippen MR) is 223 cm³/mol. The minimum Gasteiger partial charge on any atom is -0.466 e. The average molecular weight is 738 g/mol. The molecular formula is C46H91NO5. The number of nitrogens with zero attached hydrogens (tertiary/aromatic N) is 1. The second-order valence-corrected chi connectivity index (χ2v) is 15.8. The molecule has 0 aliphatic rings. The van der Waals surface area contributed by atoms with E-state index in [0.717, 1.165) is 71.0 Å². The van der Waals surface area contributed by atoms with E-state index in [1.807, 2.05) is 0 Å². The van der Waals surface area contributed by atoms with Gasteiger partial charge in [0.25, 0.3) is 0 Å². The molecule has 0 atom stereocenters. The van der Waals surface area contributed by atoms with Gasteiger partial charge in [-0.1, -0.05) is 194 Å². The Morgan fingerprint density at radius 2 is 0.635 bits per heavy atom. The van der Waals surface area contributed by atoms with Gasteiger partial charge in [0.1, 0.15) is 0 Å². The van der Waals surface area contributed by atoms with E-state index in [-0.39, 0.29) is 18.5 Å². The van der Waals surface area contributed by atoms with Gasteiger partial charge in [-0.25, -0.2) is 0 Å². The van der Waals surface area contributed by atoms with Gasteiger partial charge < -0.3 is 19.5 Å². The van der Waals surface area contributed by atoms with Crippen LogP contribution in [-0.4, -0.2) is 61.4 Å². The van der Waals surface area contributed by atoms with Crippen LogP contribution >= 0.6 is 0 Å². The van der Waals surface area contributed by atoms with Crippen molar-refractivity contribution in [2.75, 3.05) is 39.5 Å². The van der Waals surface area contributed by atoms with E-state index in [4.69, 9.17) is 9.47 Å². The Morgan fingerprint density at radius 1 is 0.365 bits per heavy atom. The summed E-state index contributed by atoms with van der Waals surface area (Å²) >= 11 is 0. The van der Waals surface area contributed by atoms with Gasteiger partial charge in [-0.15, -0.1) is 0 Å². The van der Waals surface area contributed by atoms with Crippen molar-refractivity contribution in [1.29, 1.82) is 0 Å². The molecule has 0 unspecified atom stereocenters. The highest BCUT2D eigenvalue weighted by molar-refractivity contribution is 5.69. The number of esters is 2. The molecule has 0 fully saturated rings. The van der Waals surface area contributed by atoms with Crippen LogP contribution in [0.25, 0.3) is 0 Å². The number of carbonyl (C=O) groups is 2. The van der Waals surface area contributed by atoms with Gasteiger partial charge in [0.15, 0.2) is 0 Å². The zero-order valence-electron chi connectivity index (χ0n) is 35.2. The molecule has 310 valence electrons. The number of aliphatic hydroxyl groups excluding tert-OH is 1. The lowest BCUT2D eigenvalue weighted by Crippen LogP contribution is -2.29. The molecule has 0 aromatic carbocycles. The zero-order valence-corrected chi connectivity index (χ0v) is 35.2. The van der Waals surface area contributed by atoms with Crippen molar-refractivity contribution in [2.24, 2.45) is 0 Å². The minimum absolute atomic E-state index is 0.0108. The molecule has 0 aromatic heterocycles. The van der Waals surface area contributed by atoms with Gasteiger partial charge in [-0.3, -0.25) is 9.59 Å². The molecule has 0 aliphatic carbocycles. The summed E-state index contributed by atoms with van der Waals surface area (Å²) < 4.78 is 10.9. The minimum atomic E-state index is -0.0271. The number of unbranched alkanes of at least 4 members (excludes halogenated alkanes) is 30. The summed E-state index contributed by atoms with van der Waals surface area (Å²) in [5.41, 5.74) is 0. The summed E-state index contributed by atoms with van der Waals surface area (Å²) in [4.78, 5) is 26.4. The molecule has 0 bridgehead atoms. The molecule has 0 amide bonds. The van der Waals surface area contributed by atoms with E-state index in [0.29, 0.717) is 26.1 Å². The lowest BCUT2D eigenvalue weighted by atomic mass is 10.0. The maximum absolute atomic E-state index is 12.1. The summed E-state index contributed by atoms with van der Waals surface area (Å²) in [5, 5.41) is 9.49. The Bertz CT molecular complexity index is 717. The summed E-state index contributed by atoms with van der Waals surface area (Å²) in [6, 6.07) is 0. The van der Waals surface area contributed by atoms with Crippen molar-refractivity contribution in [3.8, 4) is 0 Å². The molecule has 0 rings (SSSR count). The Labute approximate surface area is 324 Å². The summed E-state index contributed by atoms with van der Waals surface area (Å²) in [5.74, 6) is -0.0379. The standard InChI is InChI=1S/C46H91NO5/c1-3-5-7-9-11-12-13-14-15-16-17-18-23-30-36-44-52-45(49)37-31-25-20-19-21-27-33-39-47(41-42-48)40-34-28-24-26-32-38-46(50)51-43-35-29-22-10-8-6-4-2/h48H,3-44H2,1-2H3. The Morgan fingerprint density at radius 3 is 0.942 bits per heavy atom. The van der Waals surface area contributed by atoms with Crippen LogP contribution in [0.5, 0.6) is 0 Å². The summed E-state index contributed by atoms with van der Waals surface area (Å²) in [6.07, 6.45) is 43.8. The fourth-order valence-corrected chi connectivity index (χ4v) is 7.15. The van der Waals surface area contributed by atoms with E-state index in [1.54, 1.807) is 0 Å². The van der Waals surface area contributed by atoms with Crippen LogP contribution in [-0.2, 0) is 19.1 Å². The monoisotopic (exact) mass is 738 g/mol. The van der Waals surface area contributed by atoms with Crippen LogP contribution in [0.4, 0.5) is 0 Å². The molecule has 1 N–H and O–H groups in total. The number of ether oxygens (including phenoxy) is 2. The van der Waals surface area contributed by atoms with Crippen LogP contribution in [0.2, 0.25) is 0 Å². The van der Waals surface area contributed by atoms with Gasteiger partial charge in [-0.2, -0.15) is 0 Å². The number of aliphatic hydroxyl groups is 1. The molecule has 0 heterocycles.